The van der Waals surface area contributed by atoms with Crippen molar-refractivity contribution in [2.75, 3.05) is 0 Å². The highest BCUT2D eigenvalue weighted by molar-refractivity contribution is 8.27. The second kappa shape index (κ2) is 2.83. The summed E-state index contributed by atoms with van der Waals surface area (Å²) in [7, 11) is 0. The van der Waals surface area contributed by atoms with Crippen molar-refractivity contribution in [1.29, 1.82) is 0 Å². The van der Waals surface area contributed by atoms with E-state index in [9.17, 15) is 0 Å². The number of nitrogens with zero attached hydrogens (tertiary/aromatic N) is 2. The van der Waals surface area contributed by atoms with Gasteiger partial charge in [0, 0.05) is 12.4 Å². The molecule has 0 aliphatic carbocycles. The molecule has 0 N–H and O–H groups in total. The predicted octanol–water partition coefficient (Wildman–Crippen LogP) is 2.30. The van der Waals surface area contributed by atoms with Crippen LogP contribution < -0.4 is 0 Å². The van der Waals surface area contributed by atoms with Gasteiger partial charge in [0.15, 0.2) is 0 Å². The number of fused-ring (bicyclic) bond motifs is 1. The maximum Gasteiger partial charge on any atom is 0.0919 e. The van der Waals surface area contributed by atoms with E-state index in [4.69, 9.17) is 0 Å². The maximum absolute atomic E-state index is 4.59. The fraction of sp³-hybridized carbons (Fsp3) is 0.455. The summed E-state index contributed by atoms with van der Waals surface area (Å²) in [6, 6.07) is 4.70. The molecule has 2 aliphatic rings. The highest BCUT2D eigenvalue weighted by atomic mass is 32.2. The molecule has 2 atom stereocenters. The first kappa shape index (κ1) is 8.48. The van der Waals surface area contributed by atoms with Crippen LogP contribution in [0, 0.1) is 0 Å². The molecule has 1 aromatic rings. The molecule has 0 spiro atoms. The lowest BCUT2D eigenvalue weighted by molar-refractivity contribution is 0.538. The average Bonchev–Trinajstić information content (AvgIpc) is 2.82. The fourth-order valence-corrected chi connectivity index (χ4v) is 3.31. The van der Waals surface area contributed by atoms with Crippen LogP contribution in [-0.2, 0) is 6.42 Å². The summed E-state index contributed by atoms with van der Waals surface area (Å²) in [6.45, 7) is 2.26. The summed E-state index contributed by atoms with van der Waals surface area (Å²) < 4.78 is 0.448. The molecule has 0 radical (unpaired) electrons. The first-order valence-corrected chi connectivity index (χ1v) is 5.83. The quantitative estimate of drug-likeness (QED) is 0.706. The van der Waals surface area contributed by atoms with Gasteiger partial charge in [-0.15, -0.1) is 0 Å². The topological polar surface area (TPSA) is 25.2 Å². The van der Waals surface area contributed by atoms with Crippen LogP contribution in [0.1, 0.15) is 18.9 Å². The molecule has 14 heavy (non-hydrogen) atoms. The van der Waals surface area contributed by atoms with Gasteiger partial charge in [0.2, 0.25) is 0 Å². The van der Waals surface area contributed by atoms with E-state index in [1.807, 2.05) is 24.2 Å². The van der Waals surface area contributed by atoms with E-state index >= 15 is 0 Å². The van der Waals surface area contributed by atoms with Gasteiger partial charge < -0.3 is 0 Å². The number of aromatic nitrogens is 1. The van der Waals surface area contributed by atoms with Crippen molar-refractivity contribution in [2.45, 2.75) is 30.6 Å². The summed E-state index contributed by atoms with van der Waals surface area (Å²) in [6.07, 6.45) is 6.02. The molecule has 2 aliphatic heterocycles. The summed E-state index contributed by atoms with van der Waals surface area (Å²) in [4.78, 5) is 8.62. The largest absolute Gasteiger partial charge is 0.276 e. The van der Waals surface area contributed by atoms with Crippen LogP contribution in [0.4, 0.5) is 0 Å². The van der Waals surface area contributed by atoms with Gasteiger partial charge in [-0.3, -0.25) is 9.98 Å². The molecule has 3 heteroatoms. The van der Waals surface area contributed by atoms with Crippen LogP contribution in [0.25, 0.3) is 0 Å². The van der Waals surface area contributed by atoms with Crippen LogP contribution in [0.15, 0.2) is 29.5 Å². The van der Waals surface area contributed by atoms with Crippen LogP contribution in [0.2, 0.25) is 0 Å². The van der Waals surface area contributed by atoms with E-state index < -0.39 is 0 Å². The zero-order chi connectivity index (χ0) is 9.60. The Morgan fingerprint density at radius 3 is 2.79 bits per heavy atom. The Bertz CT molecular complexity index is 388. The first-order chi connectivity index (χ1) is 6.85. The van der Waals surface area contributed by atoms with E-state index in [-0.39, 0.29) is 0 Å². The maximum atomic E-state index is 4.59. The smallest absolute Gasteiger partial charge is 0.0919 e. The minimum Gasteiger partial charge on any atom is -0.276 e. The van der Waals surface area contributed by atoms with Crippen molar-refractivity contribution in [3.8, 4) is 0 Å². The SMILES string of the molecule is CCC12SC1=NC2Cc1ccncc1. The van der Waals surface area contributed by atoms with Gasteiger partial charge in [-0.25, -0.2) is 0 Å². The number of pyridine rings is 1. The van der Waals surface area contributed by atoms with Gasteiger partial charge in [0.05, 0.1) is 15.8 Å². The minimum atomic E-state index is 0.448. The molecule has 72 valence electrons. The number of aliphatic imine (C=N–C) groups is 1. The van der Waals surface area contributed by atoms with Gasteiger partial charge in [-0.05, 0) is 30.5 Å². The lowest BCUT2D eigenvalue weighted by Gasteiger charge is -2.25. The molecule has 2 nitrogen and oxygen atoms in total. The van der Waals surface area contributed by atoms with Crippen LogP contribution in [-0.4, -0.2) is 20.8 Å². The number of hydrogen-bond acceptors (Lipinski definition) is 3. The van der Waals surface area contributed by atoms with E-state index in [1.165, 1.54) is 17.0 Å². The number of hydrogen-bond donors (Lipinski definition) is 0. The molecule has 3 rings (SSSR count). The van der Waals surface area contributed by atoms with E-state index in [2.05, 4.69) is 29.0 Å². The van der Waals surface area contributed by atoms with Gasteiger partial charge in [0.1, 0.15) is 0 Å². The van der Waals surface area contributed by atoms with Crippen molar-refractivity contribution in [3.05, 3.63) is 30.1 Å². The summed E-state index contributed by atoms with van der Waals surface area (Å²) in [5.41, 5.74) is 1.35. The van der Waals surface area contributed by atoms with Gasteiger partial charge in [0.25, 0.3) is 0 Å². The minimum absolute atomic E-state index is 0.448. The average molecular weight is 204 g/mol. The second-order valence-corrected chi connectivity index (χ2v) is 5.17. The highest BCUT2D eigenvalue weighted by Crippen LogP contribution is 2.61. The third-order valence-electron chi connectivity index (χ3n) is 3.11. The van der Waals surface area contributed by atoms with Gasteiger partial charge >= 0.3 is 0 Å². The van der Waals surface area contributed by atoms with Crippen molar-refractivity contribution >= 4 is 16.8 Å². The monoisotopic (exact) mass is 204 g/mol. The summed E-state index contributed by atoms with van der Waals surface area (Å²) >= 11 is 1.97. The predicted molar refractivity (Wildman–Crippen MR) is 59.8 cm³/mol. The molecule has 0 bridgehead atoms. The highest BCUT2D eigenvalue weighted by Gasteiger charge is 2.63. The zero-order valence-corrected chi connectivity index (χ0v) is 8.92. The standard InChI is InChI=1S/C11H12N2S/c1-2-11-9(13-10(11)14-11)7-8-3-5-12-6-4-8/h3-6,9H,2,7H2,1H3. The third kappa shape index (κ3) is 1.05. The van der Waals surface area contributed by atoms with E-state index in [1.54, 1.807) is 0 Å². The molecule has 2 unspecified atom stereocenters. The molecule has 1 fully saturated rings. The lowest BCUT2D eigenvalue weighted by atomic mass is 9.88. The molecular formula is C11H12N2S. The Balaban J connectivity index is 1.74. The van der Waals surface area contributed by atoms with E-state index in [0.717, 1.165) is 6.42 Å². The fourth-order valence-electron chi connectivity index (χ4n) is 2.08. The molecular weight excluding hydrogens is 192 g/mol. The number of thioether (sulfide) groups is 1. The van der Waals surface area contributed by atoms with Crippen LogP contribution in [0.3, 0.4) is 0 Å². The molecule has 1 aromatic heterocycles. The Hall–Kier alpha value is -0.830. The molecule has 3 heterocycles. The first-order valence-electron chi connectivity index (χ1n) is 5.01. The van der Waals surface area contributed by atoms with E-state index in [0.29, 0.717) is 10.8 Å². The summed E-state index contributed by atoms with van der Waals surface area (Å²) in [5.74, 6) is 0. The molecule has 0 aromatic carbocycles. The Labute approximate surface area is 87.8 Å². The number of rotatable bonds is 3. The normalized spacial score (nSPS) is 32.9. The Morgan fingerprint density at radius 1 is 1.43 bits per heavy atom. The van der Waals surface area contributed by atoms with Crippen molar-refractivity contribution in [1.82, 2.24) is 4.98 Å². The zero-order valence-electron chi connectivity index (χ0n) is 8.10. The van der Waals surface area contributed by atoms with Crippen molar-refractivity contribution in [2.24, 2.45) is 4.99 Å². The van der Waals surface area contributed by atoms with Crippen LogP contribution >= 0.6 is 11.8 Å². The molecule has 1 saturated heterocycles. The third-order valence-corrected chi connectivity index (χ3v) is 4.69. The van der Waals surface area contributed by atoms with Crippen LogP contribution in [0.5, 0.6) is 0 Å². The lowest BCUT2D eigenvalue weighted by Crippen LogP contribution is -2.37. The van der Waals surface area contributed by atoms with Crippen molar-refractivity contribution in [3.63, 3.8) is 0 Å². The van der Waals surface area contributed by atoms with Gasteiger partial charge in [-0.2, -0.15) is 0 Å². The summed E-state index contributed by atoms with van der Waals surface area (Å²) in [5, 5.41) is 1.39. The second-order valence-electron chi connectivity index (χ2n) is 3.85. The Morgan fingerprint density at radius 2 is 2.21 bits per heavy atom. The van der Waals surface area contributed by atoms with Gasteiger partial charge in [-0.1, -0.05) is 18.7 Å². The molecule has 0 amide bonds. The Kier molecular flexibility index (Phi) is 1.71. The van der Waals surface area contributed by atoms with Crippen molar-refractivity contribution < 1.29 is 0 Å². The molecule has 0 saturated carbocycles.